The molecule has 0 aromatic heterocycles. The number of rotatable bonds is 14. The molecule has 0 heterocycles. The summed E-state index contributed by atoms with van der Waals surface area (Å²) in [5.74, 6) is -0.582. The van der Waals surface area contributed by atoms with Crippen molar-refractivity contribution >= 4 is 39.1 Å². The van der Waals surface area contributed by atoms with Gasteiger partial charge in [0.1, 0.15) is 17.6 Å². The number of halogens is 2. The van der Waals surface area contributed by atoms with E-state index in [0.717, 1.165) is 19.1 Å². The first kappa shape index (κ1) is 30.4. The Morgan fingerprint density at radius 3 is 2.38 bits per heavy atom. The van der Waals surface area contributed by atoms with Crippen LogP contribution in [0.3, 0.4) is 0 Å². The lowest BCUT2D eigenvalue weighted by molar-refractivity contribution is -0.140. The zero-order valence-corrected chi connectivity index (χ0v) is 23.2. The molecule has 0 aliphatic carbocycles. The SMILES string of the molecule is CCCCNC(=O)C(C)N(Cc1ccc(F)cc1)C(=O)CCCN(c1ccc(OC)c(Cl)c1)S(C)(=O)=O. The molecule has 37 heavy (non-hydrogen) atoms. The lowest BCUT2D eigenvalue weighted by Crippen LogP contribution is -2.48. The zero-order valence-electron chi connectivity index (χ0n) is 21.7. The Balaban J connectivity index is 2.16. The number of ether oxygens (including phenoxy) is 1. The number of benzene rings is 2. The van der Waals surface area contributed by atoms with Crippen molar-refractivity contribution in [3.8, 4) is 5.75 Å². The summed E-state index contributed by atoms with van der Waals surface area (Å²) < 4.78 is 44.6. The van der Waals surface area contributed by atoms with E-state index >= 15 is 0 Å². The van der Waals surface area contributed by atoms with Gasteiger partial charge in [-0.2, -0.15) is 0 Å². The third-order valence-corrected chi connectivity index (χ3v) is 7.33. The molecule has 2 amide bonds. The Morgan fingerprint density at radius 1 is 1.14 bits per heavy atom. The summed E-state index contributed by atoms with van der Waals surface area (Å²) in [6.07, 6.45) is 3.03. The Bertz CT molecular complexity index is 1160. The van der Waals surface area contributed by atoms with Crippen molar-refractivity contribution in [2.75, 3.05) is 30.8 Å². The van der Waals surface area contributed by atoms with Crippen LogP contribution in [-0.2, 0) is 26.2 Å². The van der Waals surface area contributed by atoms with Crippen molar-refractivity contribution in [3.05, 3.63) is 58.9 Å². The molecule has 0 radical (unpaired) electrons. The molecule has 0 saturated heterocycles. The Morgan fingerprint density at radius 2 is 1.81 bits per heavy atom. The number of hydrogen-bond acceptors (Lipinski definition) is 5. The van der Waals surface area contributed by atoms with Crippen LogP contribution in [0.1, 0.15) is 45.1 Å². The van der Waals surface area contributed by atoms with Gasteiger partial charge in [-0.05, 0) is 55.7 Å². The summed E-state index contributed by atoms with van der Waals surface area (Å²) in [7, 11) is -2.20. The molecule has 204 valence electrons. The largest absolute Gasteiger partial charge is 0.495 e. The van der Waals surface area contributed by atoms with Gasteiger partial charge in [-0.3, -0.25) is 13.9 Å². The minimum atomic E-state index is -3.66. The van der Waals surface area contributed by atoms with E-state index in [2.05, 4.69) is 5.32 Å². The second-order valence-corrected chi connectivity index (χ2v) is 11.0. The number of amides is 2. The molecule has 0 aliphatic rings. The van der Waals surface area contributed by atoms with E-state index in [1.165, 1.54) is 34.5 Å². The van der Waals surface area contributed by atoms with Gasteiger partial charge >= 0.3 is 0 Å². The zero-order chi connectivity index (χ0) is 27.6. The van der Waals surface area contributed by atoms with Crippen molar-refractivity contribution in [2.45, 2.75) is 52.1 Å². The van der Waals surface area contributed by atoms with E-state index in [0.29, 0.717) is 23.5 Å². The molecule has 2 aromatic carbocycles. The van der Waals surface area contributed by atoms with E-state index in [4.69, 9.17) is 16.3 Å². The lowest BCUT2D eigenvalue weighted by Gasteiger charge is -2.29. The van der Waals surface area contributed by atoms with Crippen molar-refractivity contribution in [1.82, 2.24) is 10.2 Å². The molecule has 0 fully saturated rings. The van der Waals surface area contributed by atoms with Crippen LogP contribution in [0.15, 0.2) is 42.5 Å². The first-order valence-electron chi connectivity index (χ1n) is 12.1. The smallest absolute Gasteiger partial charge is 0.242 e. The Labute approximate surface area is 223 Å². The molecule has 8 nitrogen and oxygen atoms in total. The average Bonchev–Trinajstić information content (AvgIpc) is 2.85. The van der Waals surface area contributed by atoms with E-state index in [1.54, 1.807) is 31.2 Å². The topological polar surface area (TPSA) is 96.0 Å². The van der Waals surface area contributed by atoms with Crippen LogP contribution in [0.5, 0.6) is 5.75 Å². The summed E-state index contributed by atoms with van der Waals surface area (Å²) in [4.78, 5) is 27.4. The van der Waals surface area contributed by atoms with Gasteiger partial charge in [0.15, 0.2) is 0 Å². The Hall–Kier alpha value is -2.85. The lowest BCUT2D eigenvalue weighted by atomic mass is 10.1. The fourth-order valence-corrected chi connectivity index (χ4v) is 4.93. The third-order valence-electron chi connectivity index (χ3n) is 5.84. The number of hydrogen-bond donors (Lipinski definition) is 1. The van der Waals surface area contributed by atoms with Gasteiger partial charge in [0, 0.05) is 26.1 Å². The summed E-state index contributed by atoms with van der Waals surface area (Å²) in [5.41, 5.74) is 1.03. The molecule has 2 aromatic rings. The maximum atomic E-state index is 13.4. The van der Waals surface area contributed by atoms with Crippen molar-refractivity contribution < 1.29 is 27.1 Å². The van der Waals surface area contributed by atoms with Crippen molar-refractivity contribution in [3.63, 3.8) is 0 Å². The number of sulfonamides is 1. The van der Waals surface area contributed by atoms with Crippen LogP contribution >= 0.6 is 11.6 Å². The monoisotopic (exact) mass is 555 g/mol. The highest BCUT2D eigenvalue weighted by atomic mass is 35.5. The first-order chi connectivity index (χ1) is 17.5. The second kappa shape index (κ2) is 14.2. The number of nitrogens with one attached hydrogen (secondary N) is 1. The summed E-state index contributed by atoms with van der Waals surface area (Å²) in [6, 6.07) is 9.61. The van der Waals surface area contributed by atoms with Crippen LogP contribution in [0.4, 0.5) is 10.1 Å². The number of methoxy groups -OCH3 is 1. The van der Waals surface area contributed by atoms with Crippen molar-refractivity contribution in [1.29, 1.82) is 0 Å². The van der Waals surface area contributed by atoms with E-state index in [9.17, 15) is 22.4 Å². The molecule has 0 spiro atoms. The standard InChI is InChI=1S/C26H35ClFN3O5S/c1-5-6-15-29-26(33)19(2)30(18-20-9-11-21(28)12-10-20)25(32)8-7-16-31(37(4,34)35)22-13-14-24(36-3)23(27)17-22/h9-14,17,19H,5-8,15-16,18H2,1-4H3,(H,29,33). The normalized spacial score (nSPS) is 12.1. The van der Waals surface area contributed by atoms with Crippen LogP contribution < -0.4 is 14.4 Å². The van der Waals surface area contributed by atoms with Crippen LogP contribution in [-0.4, -0.2) is 57.6 Å². The molecule has 2 rings (SSSR count). The van der Waals surface area contributed by atoms with E-state index < -0.39 is 21.9 Å². The predicted molar refractivity (Wildman–Crippen MR) is 144 cm³/mol. The molecule has 0 saturated carbocycles. The van der Waals surface area contributed by atoms with Crippen LogP contribution in [0.2, 0.25) is 5.02 Å². The van der Waals surface area contributed by atoms with Crippen LogP contribution in [0.25, 0.3) is 0 Å². The number of nitrogens with zero attached hydrogens (tertiary/aromatic N) is 2. The minimum absolute atomic E-state index is 0.00365. The minimum Gasteiger partial charge on any atom is -0.495 e. The summed E-state index contributed by atoms with van der Waals surface area (Å²) in [6.45, 7) is 4.32. The molecule has 0 aliphatic heterocycles. The summed E-state index contributed by atoms with van der Waals surface area (Å²) in [5, 5.41) is 3.10. The fraction of sp³-hybridized carbons (Fsp3) is 0.462. The molecule has 11 heteroatoms. The van der Waals surface area contributed by atoms with Gasteiger partial charge < -0.3 is 15.0 Å². The van der Waals surface area contributed by atoms with Crippen molar-refractivity contribution in [2.24, 2.45) is 0 Å². The molecule has 1 atom stereocenters. The maximum absolute atomic E-state index is 13.4. The molecule has 1 N–H and O–H groups in total. The van der Waals surface area contributed by atoms with Gasteiger partial charge in [-0.15, -0.1) is 0 Å². The van der Waals surface area contributed by atoms with Gasteiger partial charge in [-0.1, -0.05) is 37.1 Å². The average molecular weight is 556 g/mol. The van der Waals surface area contributed by atoms with Gasteiger partial charge in [-0.25, -0.2) is 12.8 Å². The van der Waals surface area contributed by atoms with Crippen LogP contribution in [0, 0.1) is 5.82 Å². The quantitative estimate of drug-likeness (QED) is 0.349. The highest BCUT2D eigenvalue weighted by molar-refractivity contribution is 7.92. The molecular weight excluding hydrogens is 521 g/mol. The van der Waals surface area contributed by atoms with E-state index in [1.807, 2.05) is 6.92 Å². The van der Waals surface area contributed by atoms with Gasteiger partial charge in [0.2, 0.25) is 21.8 Å². The second-order valence-electron chi connectivity index (χ2n) is 8.73. The fourth-order valence-electron chi connectivity index (χ4n) is 3.72. The maximum Gasteiger partial charge on any atom is 0.242 e. The highest BCUT2D eigenvalue weighted by Gasteiger charge is 2.26. The van der Waals surface area contributed by atoms with Gasteiger partial charge in [0.25, 0.3) is 0 Å². The highest BCUT2D eigenvalue weighted by Crippen LogP contribution is 2.30. The predicted octanol–water partition coefficient (Wildman–Crippen LogP) is 4.37. The number of anilines is 1. The Kier molecular flexibility index (Phi) is 11.6. The molecule has 1 unspecified atom stereocenters. The first-order valence-corrected chi connectivity index (χ1v) is 14.3. The number of carbonyl (C=O) groups excluding carboxylic acids is 2. The van der Waals surface area contributed by atoms with Gasteiger partial charge in [0.05, 0.1) is 24.1 Å². The van der Waals surface area contributed by atoms with E-state index in [-0.39, 0.29) is 42.8 Å². The summed E-state index contributed by atoms with van der Waals surface area (Å²) >= 11 is 6.18. The molecular formula is C26H35ClFN3O5S. The third kappa shape index (κ3) is 9.19. The molecule has 0 bridgehead atoms. The number of carbonyl (C=O) groups is 2. The number of unbranched alkanes of at least 4 members (excludes halogenated alkanes) is 1.